The van der Waals surface area contributed by atoms with Crippen molar-refractivity contribution in [3.05, 3.63) is 120 Å². The van der Waals surface area contributed by atoms with Gasteiger partial charge in [0.05, 0.1) is 11.4 Å². The first kappa shape index (κ1) is 25.2. The lowest BCUT2D eigenvalue weighted by Crippen LogP contribution is -2.13. The molecule has 0 amide bonds. The Morgan fingerprint density at radius 2 is 1.32 bits per heavy atom. The normalized spacial score (nSPS) is 11.2. The minimum Gasteiger partial charge on any atom is -0.507 e. The number of phenolic OH excluding ortho intramolecular Hbond substituents is 1. The Balaban J connectivity index is 1.72. The molecule has 0 atom stereocenters. The Bertz CT molecular complexity index is 1520. The van der Waals surface area contributed by atoms with Gasteiger partial charge in [-0.3, -0.25) is 9.88 Å². The molecule has 0 fully saturated rings. The summed E-state index contributed by atoms with van der Waals surface area (Å²) in [5.74, 6) is 1.83. The molecule has 0 saturated heterocycles. The van der Waals surface area contributed by atoms with E-state index in [4.69, 9.17) is 4.98 Å². The minimum absolute atomic E-state index is 0.260. The highest BCUT2D eigenvalue weighted by molar-refractivity contribution is 5.81. The molecule has 4 nitrogen and oxygen atoms in total. The SMILES string of the molecule is CC(C)c1cc(C(C)C)cc(N(c2cccc(-c3ccccc3O)c2)c2cccc(-c3ccccn3)n2)c1. The summed E-state index contributed by atoms with van der Waals surface area (Å²) >= 11 is 0. The molecule has 0 aliphatic heterocycles. The molecule has 1 N–H and O–H groups in total. The second-order valence-corrected chi connectivity index (χ2v) is 10.2. The molecule has 190 valence electrons. The average molecular weight is 500 g/mol. The number of phenols is 1. The maximum atomic E-state index is 10.6. The molecule has 4 heteroatoms. The van der Waals surface area contributed by atoms with Crippen LogP contribution in [0.1, 0.15) is 50.7 Å². The molecule has 0 aliphatic rings. The zero-order valence-electron chi connectivity index (χ0n) is 22.3. The van der Waals surface area contributed by atoms with Crippen LogP contribution in [0.25, 0.3) is 22.5 Å². The predicted octanol–water partition coefficient (Wildman–Crippen LogP) is 9.23. The van der Waals surface area contributed by atoms with Crippen LogP contribution in [0.5, 0.6) is 5.75 Å². The van der Waals surface area contributed by atoms with Crippen LogP contribution in [0.4, 0.5) is 17.2 Å². The Morgan fingerprint density at radius 1 is 0.632 bits per heavy atom. The number of para-hydroxylation sites is 1. The molecule has 2 aromatic heterocycles. The van der Waals surface area contributed by atoms with Gasteiger partial charge in [-0.25, -0.2) is 4.98 Å². The summed E-state index contributed by atoms with van der Waals surface area (Å²) in [7, 11) is 0. The fourth-order valence-corrected chi connectivity index (χ4v) is 4.60. The van der Waals surface area contributed by atoms with E-state index in [0.717, 1.165) is 39.7 Å². The van der Waals surface area contributed by atoms with Crippen molar-refractivity contribution in [1.29, 1.82) is 0 Å². The van der Waals surface area contributed by atoms with Crippen molar-refractivity contribution >= 4 is 17.2 Å². The van der Waals surface area contributed by atoms with E-state index < -0.39 is 0 Å². The van der Waals surface area contributed by atoms with Gasteiger partial charge in [-0.2, -0.15) is 0 Å². The van der Waals surface area contributed by atoms with E-state index in [2.05, 4.69) is 67.9 Å². The van der Waals surface area contributed by atoms with E-state index in [9.17, 15) is 5.11 Å². The largest absolute Gasteiger partial charge is 0.507 e. The maximum Gasteiger partial charge on any atom is 0.138 e. The summed E-state index contributed by atoms with van der Waals surface area (Å²) in [6.07, 6.45) is 1.79. The lowest BCUT2D eigenvalue weighted by atomic mass is 9.94. The van der Waals surface area contributed by atoms with Gasteiger partial charge in [0.1, 0.15) is 11.6 Å². The molecular formula is C34H33N3O. The highest BCUT2D eigenvalue weighted by Gasteiger charge is 2.19. The van der Waals surface area contributed by atoms with E-state index in [1.165, 1.54) is 11.1 Å². The van der Waals surface area contributed by atoms with Crippen LogP contribution in [0.2, 0.25) is 0 Å². The zero-order chi connectivity index (χ0) is 26.6. The van der Waals surface area contributed by atoms with Gasteiger partial charge in [0, 0.05) is 23.1 Å². The molecule has 3 aromatic carbocycles. The summed E-state index contributed by atoms with van der Waals surface area (Å²) in [6.45, 7) is 8.91. The molecule has 0 bridgehead atoms. The van der Waals surface area contributed by atoms with E-state index >= 15 is 0 Å². The van der Waals surface area contributed by atoms with Crippen LogP contribution in [-0.4, -0.2) is 15.1 Å². The first-order valence-corrected chi connectivity index (χ1v) is 13.1. The van der Waals surface area contributed by atoms with Gasteiger partial charge in [-0.15, -0.1) is 0 Å². The van der Waals surface area contributed by atoms with Crippen molar-refractivity contribution in [3.63, 3.8) is 0 Å². The average Bonchev–Trinajstić information content (AvgIpc) is 2.94. The molecule has 5 rings (SSSR count). The first-order valence-electron chi connectivity index (χ1n) is 13.1. The zero-order valence-corrected chi connectivity index (χ0v) is 22.3. The summed E-state index contributed by atoms with van der Waals surface area (Å²) in [5.41, 5.74) is 7.97. The van der Waals surface area contributed by atoms with Gasteiger partial charge >= 0.3 is 0 Å². The monoisotopic (exact) mass is 499 g/mol. The summed E-state index contributed by atoms with van der Waals surface area (Å²) in [4.78, 5) is 11.8. The maximum absolute atomic E-state index is 10.6. The Hall–Kier alpha value is -4.44. The first-order chi connectivity index (χ1) is 18.4. The van der Waals surface area contributed by atoms with E-state index in [1.54, 1.807) is 12.3 Å². The molecule has 5 aromatic rings. The third kappa shape index (κ3) is 5.30. The Kier molecular flexibility index (Phi) is 7.23. The van der Waals surface area contributed by atoms with Gasteiger partial charge in [-0.05, 0) is 83.1 Å². The van der Waals surface area contributed by atoms with Crippen molar-refractivity contribution in [3.8, 4) is 28.3 Å². The lowest BCUT2D eigenvalue weighted by molar-refractivity contribution is 0.477. The summed E-state index contributed by atoms with van der Waals surface area (Å²) in [5, 5.41) is 10.6. The second-order valence-electron chi connectivity index (χ2n) is 10.2. The van der Waals surface area contributed by atoms with Gasteiger partial charge in [0.25, 0.3) is 0 Å². The number of nitrogens with zero attached hydrogens (tertiary/aromatic N) is 3. The number of aromatic nitrogens is 2. The fourth-order valence-electron chi connectivity index (χ4n) is 4.60. The molecule has 0 aliphatic carbocycles. The molecule has 0 spiro atoms. The van der Waals surface area contributed by atoms with Crippen LogP contribution >= 0.6 is 0 Å². The Labute approximate surface area is 225 Å². The van der Waals surface area contributed by atoms with Crippen LogP contribution in [-0.2, 0) is 0 Å². The smallest absolute Gasteiger partial charge is 0.138 e. The molecule has 2 heterocycles. The van der Waals surface area contributed by atoms with Crippen molar-refractivity contribution in [2.45, 2.75) is 39.5 Å². The number of rotatable bonds is 7. The second kappa shape index (κ2) is 10.9. The highest BCUT2D eigenvalue weighted by atomic mass is 16.3. The standard InChI is InChI=1S/C34H33N3O/c1-23(2)26-19-27(24(3)4)22-29(21-26)37(34-17-10-15-32(36-34)31-14-7-8-18-35-31)28-12-9-11-25(20-28)30-13-5-6-16-33(30)38/h5-24,38H,1-4H3. The van der Waals surface area contributed by atoms with Gasteiger partial charge < -0.3 is 5.11 Å². The van der Waals surface area contributed by atoms with E-state index in [0.29, 0.717) is 11.8 Å². The molecule has 38 heavy (non-hydrogen) atoms. The van der Waals surface area contributed by atoms with Gasteiger partial charge in [0.2, 0.25) is 0 Å². The van der Waals surface area contributed by atoms with Crippen LogP contribution in [0, 0.1) is 0 Å². The number of anilines is 3. The number of benzene rings is 3. The Morgan fingerprint density at radius 3 is 2.00 bits per heavy atom. The summed E-state index contributed by atoms with van der Waals surface area (Å²) in [6, 6.07) is 34.5. The predicted molar refractivity (Wildman–Crippen MR) is 157 cm³/mol. The van der Waals surface area contributed by atoms with Crippen LogP contribution in [0.3, 0.4) is 0 Å². The number of hydrogen-bond donors (Lipinski definition) is 1. The third-order valence-electron chi connectivity index (χ3n) is 6.76. The van der Waals surface area contributed by atoms with Gasteiger partial charge in [0.15, 0.2) is 0 Å². The molecule has 0 saturated carbocycles. The number of hydrogen-bond acceptors (Lipinski definition) is 4. The number of pyridine rings is 2. The topological polar surface area (TPSA) is 49.2 Å². The highest BCUT2D eigenvalue weighted by Crippen LogP contribution is 2.40. The number of aromatic hydroxyl groups is 1. The van der Waals surface area contributed by atoms with Crippen LogP contribution in [0.15, 0.2) is 109 Å². The van der Waals surface area contributed by atoms with E-state index in [1.807, 2.05) is 66.7 Å². The lowest BCUT2D eigenvalue weighted by Gasteiger charge is -2.27. The molecule has 0 radical (unpaired) electrons. The minimum atomic E-state index is 0.260. The quantitative estimate of drug-likeness (QED) is 0.242. The fraction of sp³-hybridized carbons (Fsp3) is 0.176. The third-order valence-corrected chi connectivity index (χ3v) is 6.76. The molecular weight excluding hydrogens is 466 g/mol. The van der Waals surface area contributed by atoms with Crippen LogP contribution < -0.4 is 4.90 Å². The summed E-state index contributed by atoms with van der Waals surface area (Å²) < 4.78 is 0. The van der Waals surface area contributed by atoms with Crippen molar-refractivity contribution in [2.75, 3.05) is 4.90 Å². The molecule has 0 unspecified atom stereocenters. The van der Waals surface area contributed by atoms with Crippen molar-refractivity contribution < 1.29 is 5.11 Å². The van der Waals surface area contributed by atoms with Crippen molar-refractivity contribution in [2.24, 2.45) is 0 Å². The van der Waals surface area contributed by atoms with E-state index in [-0.39, 0.29) is 5.75 Å². The van der Waals surface area contributed by atoms with Gasteiger partial charge in [-0.1, -0.05) is 76.2 Å². The van der Waals surface area contributed by atoms with Crippen molar-refractivity contribution in [1.82, 2.24) is 9.97 Å².